The van der Waals surface area contributed by atoms with Gasteiger partial charge in [0.2, 0.25) is 0 Å². The third-order valence-electron chi connectivity index (χ3n) is 14.6. The van der Waals surface area contributed by atoms with Crippen LogP contribution >= 0.6 is 0 Å². The number of benzene rings is 7. The normalized spacial score (nSPS) is 21.4. The van der Waals surface area contributed by atoms with E-state index in [2.05, 4.69) is 164 Å². The fourth-order valence-corrected chi connectivity index (χ4v) is 12.3. The van der Waals surface area contributed by atoms with Gasteiger partial charge in [-0.25, -0.2) is 15.0 Å². The van der Waals surface area contributed by atoms with Crippen LogP contribution in [0.2, 0.25) is 0 Å². The molecule has 0 amide bonds. The average Bonchev–Trinajstić information content (AvgIpc) is 3.61. The van der Waals surface area contributed by atoms with Crippen LogP contribution in [0.3, 0.4) is 0 Å². The van der Waals surface area contributed by atoms with E-state index in [1.807, 2.05) is 18.2 Å². The topological polar surface area (TPSA) is 62.5 Å². The lowest BCUT2D eigenvalue weighted by atomic mass is 9.48. The summed E-state index contributed by atoms with van der Waals surface area (Å²) in [4.78, 5) is 15.8. The van der Waals surface area contributed by atoms with Gasteiger partial charge in [0.15, 0.2) is 17.5 Å². The summed E-state index contributed by atoms with van der Waals surface area (Å²) in [5.41, 5.74) is 13.8. The molecule has 4 nitrogen and oxygen atoms in total. The number of nitrogens with zero attached hydrogens (tertiary/aromatic N) is 4. The van der Waals surface area contributed by atoms with E-state index in [0.29, 0.717) is 28.5 Å². The molecule has 0 N–H and O–H groups in total. The Labute approximate surface area is 357 Å². The zero-order chi connectivity index (χ0) is 40.5. The lowest BCUT2D eigenvalue weighted by Gasteiger charge is -2.57. The van der Waals surface area contributed by atoms with Crippen molar-refractivity contribution in [1.82, 2.24) is 15.0 Å². The summed E-state index contributed by atoms with van der Waals surface area (Å²) in [6.45, 7) is 0. The van der Waals surface area contributed by atoms with Crippen LogP contribution in [-0.4, -0.2) is 15.0 Å². The fourth-order valence-electron chi connectivity index (χ4n) is 12.3. The van der Waals surface area contributed by atoms with E-state index < -0.39 is 5.41 Å². The summed E-state index contributed by atoms with van der Waals surface area (Å²) in [5.74, 6) is 4.62. The van der Waals surface area contributed by atoms with Crippen molar-refractivity contribution in [3.8, 4) is 62.5 Å². The summed E-state index contributed by atoms with van der Waals surface area (Å²) in [7, 11) is 0. The first kappa shape index (κ1) is 35.9. The smallest absolute Gasteiger partial charge is 0.164 e. The van der Waals surface area contributed by atoms with Crippen LogP contribution in [0.1, 0.15) is 71.9 Å². The van der Waals surface area contributed by atoms with Gasteiger partial charge < -0.3 is 0 Å². The van der Waals surface area contributed by atoms with Gasteiger partial charge in [-0.2, -0.15) is 5.26 Å². The molecule has 4 saturated carbocycles. The van der Waals surface area contributed by atoms with Gasteiger partial charge in [-0.05, 0) is 130 Å². The van der Waals surface area contributed by atoms with Crippen molar-refractivity contribution < 1.29 is 0 Å². The molecule has 4 fully saturated rings. The Bertz CT molecular complexity index is 2910. The molecule has 0 unspecified atom stereocenters. The van der Waals surface area contributed by atoms with Crippen molar-refractivity contribution in [3.63, 3.8) is 0 Å². The molecule has 0 saturated heterocycles. The SMILES string of the molecule is N#Cc1ccc2c(c1)-c1ccc(-c3nc(-c4ccc(-c5ccccc5)cc4)nc(-c4ccc(C56C[C@H]7C[C@@H](C5)C[C@@H](C6)C7)cc4)n3)cc1C2(c1ccccc1)c1ccccc1. The Balaban J connectivity index is 1.02. The average molecular weight is 785 g/mol. The molecule has 292 valence electrons. The summed E-state index contributed by atoms with van der Waals surface area (Å²) in [6.07, 6.45) is 8.33. The van der Waals surface area contributed by atoms with E-state index in [1.54, 1.807) is 0 Å². The minimum Gasteiger partial charge on any atom is -0.208 e. The molecule has 5 aliphatic carbocycles. The van der Waals surface area contributed by atoms with Crippen molar-refractivity contribution in [2.75, 3.05) is 0 Å². The van der Waals surface area contributed by atoms with Gasteiger partial charge in [0.05, 0.1) is 17.0 Å². The van der Waals surface area contributed by atoms with Crippen LogP contribution in [0, 0.1) is 29.1 Å². The third-order valence-corrected chi connectivity index (χ3v) is 14.6. The molecule has 13 rings (SSSR count). The van der Waals surface area contributed by atoms with Crippen LogP contribution in [0.4, 0.5) is 0 Å². The minimum atomic E-state index is -0.629. The first-order chi connectivity index (χ1) is 30.1. The van der Waals surface area contributed by atoms with E-state index in [1.165, 1.54) is 49.7 Å². The molecule has 5 aliphatic rings. The van der Waals surface area contributed by atoms with Gasteiger partial charge in [-0.1, -0.05) is 158 Å². The first-order valence-electron chi connectivity index (χ1n) is 21.9. The molecule has 0 spiro atoms. The maximum Gasteiger partial charge on any atom is 0.164 e. The molecule has 1 heterocycles. The number of nitriles is 1. The van der Waals surface area contributed by atoms with Gasteiger partial charge in [0.25, 0.3) is 0 Å². The molecular weight excluding hydrogens is 741 g/mol. The maximum absolute atomic E-state index is 10.0. The van der Waals surface area contributed by atoms with Crippen molar-refractivity contribution in [3.05, 3.63) is 209 Å². The summed E-state index contributed by atoms with van der Waals surface area (Å²) in [5, 5.41) is 10.0. The van der Waals surface area contributed by atoms with Crippen molar-refractivity contribution in [2.45, 2.75) is 49.4 Å². The Morgan fingerprint density at radius 3 is 1.44 bits per heavy atom. The van der Waals surface area contributed by atoms with Crippen molar-refractivity contribution in [1.29, 1.82) is 5.26 Å². The van der Waals surface area contributed by atoms with Gasteiger partial charge in [0.1, 0.15) is 0 Å². The Hall–Kier alpha value is -6.96. The maximum atomic E-state index is 10.0. The van der Waals surface area contributed by atoms with Crippen molar-refractivity contribution in [2.24, 2.45) is 17.8 Å². The van der Waals surface area contributed by atoms with E-state index >= 15 is 0 Å². The fraction of sp³-hybridized carbons (Fsp3) is 0.193. The van der Waals surface area contributed by atoms with Crippen LogP contribution in [-0.2, 0) is 10.8 Å². The zero-order valence-electron chi connectivity index (χ0n) is 34.0. The summed E-state index contributed by atoms with van der Waals surface area (Å²) >= 11 is 0. The second kappa shape index (κ2) is 14.1. The first-order valence-corrected chi connectivity index (χ1v) is 21.9. The Morgan fingerprint density at radius 2 is 0.885 bits per heavy atom. The van der Waals surface area contributed by atoms with Crippen molar-refractivity contribution >= 4 is 0 Å². The van der Waals surface area contributed by atoms with Gasteiger partial charge in [-0.15, -0.1) is 0 Å². The van der Waals surface area contributed by atoms with E-state index in [9.17, 15) is 5.26 Å². The highest BCUT2D eigenvalue weighted by Gasteiger charge is 2.51. The largest absolute Gasteiger partial charge is 0.208 e. The zero-order valence-corrected chi connectivity index (χ0v) is 34.0. The number of rotatable bonds is 7. The number of aromatic nitrogens is 3. The third kappa shape index (κ3) is 5.82. The molecule has 0 atom stereocenters. The second-order valence-corrected chi connectivity index (χ2v) is 18.1. The lowest BCUT2D eigenvalue weighted by Crippen LogP contribution is -2.48. The Kier molecular flexibility index (Phi) is 8.29. The van der Waals surface area contributed by atoms with Crippen LogP contribution in [0.5, 0.6) is 0 Å². The summed E-state index contributed by atoms with van der Waals surface area (Å²) < 4.78 is 0. The molecule has 4 heteroatoms. The van der Waals surface area contributed by atoms with Crippen LogP contribution in [0.25, 0.3) is 56.4 Å². The predicted molar refractivity (Wildman–Crippen MR) is 243 cm³/mol. The monoisotopic (exact) mass is 784 g/mol. The number of hydrogen-bond donors (Lipinski definition) is 0. The highest BCUT2D eigenvalue weighted by Crippen LogP contribution is 2.61. The van der Waals surface area contributed by atoms with Crippen LogP contribution < -0.4 is 0 Å². The molecular formula is C57H44N4. The van der Waals surface area contributed by atoms with Gasteiger partial charge in [0, 0.05) is 16.7 Å². The Morgan fingerprint density at radius 1 is 0.410 bits per heavy atom. The highest BCUT2D eigenvalue weighted by atomic mass is 15.0. The van der Waals surface area contributed by atoms with E-state index in [4.69, 9.17) is 15.0 Å². The minimum absolute atomic E-state index is 0.323. The van der Waals surface area contributed by atoms with Gasteiger partial charge in [-0.3, -0.25) is 0 Å². The molecule has 7 aromatic carbocycles. The molecule has 0 radical (unpaired) electrons. The van der Waals surface area contributed by atoms with Gasteiger partial charge >= 0.3 is 0 Å². The quantitative estimate of drug-likeness (QED) is 0.161. The lowest BCUT2D eigenvalue weighted by molar-refractivity contribution is -0.00518. The molecule has 8 aromatic rings. The van der Waals surface area contributed by atoms with E-state index in [0.717, 1.165) is 73.4 Å². The number of hydrogen-bond acceptors (Lipinski definition) is 4. The molecule has 61 heavy (non-hydrogen) atoms. The van der Waals surface area contributed by atoms with Crippen LogP contribution in [0.15, 0.2) is 176 Å². The highest BCUT2D eigenvalue weighted by molar-refractivity contribution is 5.88. The molecule has 1 aromatic heterocycles. The molecule has 4 bridgehead atoms. The second-order valence-electron chi connectivity index (χ2n) is 18.1. The summed E-state index contributed by atoms with van der Waals surface area (Å²) in [6, 6.07) is 65.0. The van der Waals surface area contributed by atoms with E-state index in [-0.39, 0.29) is 0 Å². The molecule has 0 aliphatic heterocycles. The number of fused-ring (bicyclic) bond motifs is 3. The predicted octanol–water partition coefficient (Wildman–Crippen LogP) is 13.2. The standard InChI is InChI=1S/C57H44N4/c58-36-37-16-27-51-50(31-37)49-26-23-45(32-52(49)57(51,47-12-6-2-7-13-47)48-14-8-3-9-15-48)55-60-53(43-19-17-42(18-20-43)41-10-4-1-5-11-41)59-54(61-55)44-21-24-46(25-22-44)56-33-38-28-39(34-56)30-40(29-38)35-56/h1-27,31-32,38-40H,28-30,33-35H2/t38-,39+,40-,56?.